The maximum absolute atomic E-state index is 9.67. The first-order chi connectivity index (χ1) is 12.3. The zero-order chi connectivity index (χ0) is 17.2. The van der Waals surface area contributed by atoms with Crippen LogP contribution in [0.25, 0.3) is 22.4 Å². The van der Waals surface area contributed by atoms with Crippen molar-refractivity contribution < 1.29 is 7.96 Å². The van der Waals surface area contributed by atoms with Crippen molar-refractivity contribution >= 4 is 16.9 Å². The smallest absolute Gasteiger partial charge is 0.181 e. The van der Waals surface area contributed by atoms with E-state index in [-0.39, 0.29) is 9.46 Å². The number of hydrogen-bond donors (Lipinski definition) is 3. The van der Waals surface area contributed by atoms with Crippen LogP contribution in [0.15, 0.2) is 30.5 Å². The van der Waals surface area contributed by atoms with Crippen molar-refractivity contribution in [2.24, 2.45) is 11.7 Å². The van der Waals surface area contributed by atoms with E-state index in [1.807, 2.05) is 24.3 Å². The fraction of sp³-hybridized carbons (Fsp3) is 0.389. The van der Waals surface area contributed by atoms with E-state index in [1.54, 1.807) is 6.20 Å². The fourth-order valence-electron chi connectivity index (χ4n) is 3.40. The molecule has 3 aromatic rings. The van der Waals surface area contributed by atoms with Crippen LogP contribution in [-0.2, 0) is 6.61 Å². The Kier molecular flexibility index (Phi) is 4.33. The summed E-state index contributed by atoms with van der Waals surface area (Å²) in [6, 6.07) is 7.72. The maximum atomic E-state index is 9.67. The zero-order valence-corrected chi connectivity index (χ0v) is 14.0. The molecule has 7 nitrogen and oxygen atoms in total. The first-order valence-electron chi connectivity index (χ1n) is 8.65. The van der Waals surface area contributed by atoms with Gasteiger partial charge in [-0.2, -0.15) is 5.10 Å². The number of rotatable bonds is 4. The molecule has 4 N–H and O–H groups in total. The molecule has 1 aliphatic rings. The first kappa shape index (κ1) is 16.0. The van der Waals surface area contributed by atoms with E-state index in [2.05, 4.69) is 20.1 Å². The number of hydrogen-bond acceptors (Lipinski definition) is 6. The molecule has 0 aromatic carbocycles. The lowest BCUT2D eigenvalue weighted by Crippen LogP contribution is -2.36. The summed E-state index contributed by atoms with van der Waals surface area (Å²) < 4.78 is 0. The summed E-state index contributed by atoms with van der Waals surface area (Å²) in [6.45, 7) is 2.60. The third-order valence-corrected chi connectivity index (χ3v) is 4.91. The van der Waals surface area contributed by atoms with Crippen molar-refractivity contribution in [1.29, 1.82) is 0 Å². The van der Waals surface area contributed by atoms with Gasteiger partial charge >= 0.3 is 0 Å². The minimum absolute atomic E-state index is 0. The van der Waals surface area contributed by atoms with Gasteiger partial charge < -0.3 is 15.7 Å². The third-order valence-electron chi connectivity index (χ3n) is 4.91. The van der Waals surface area contributed by atoms with E-state index in [0.29, 0.717) is 11.6 Å². The van der Waals surface area contributed by atoms with Crippen LogP contribution in [0.1, 0.15) is 21.3 Å². The number of nitrogens with two attached hydrogens (primary N) is 1. The second-order valence-electron chi connectivity index (χ2n) is 6.52. The second kappa shape index (κ2) is 6.78. The molecular weight excluding hydrogens is 316 g/mol. The van der Waals surface area contributed by atoms with Crippen molar-refractivity contribution in [3.8, 4) is 11.4 Å². The van der Waals surface area contributed by atoms with Gasteiger partial charge in [0.1, 0.15) is 5.82 Å². The molecule has 134 valence electrons. The molecule has 0 unspecified atom stereocenters. The molecule has 7 heteroatoms. The van der Waals surface area contributed by atoms with Crippen LogP contribution in [-0.4, -0.2) is 44.9 Å². The quantitative estimate of drug-likeness (QED) is 0.671. The van der Waals surface area contributed by atoms with Crippen LogP contribution in [0.2, 0.25) is 0 Å². The van der Waals surface area contributed by atoms with Crippen molar-refractivity contribution in [1.82, 2.24) is 20.2 Å². The third kappa shape index (κ3) is 3.08. The van der Waals surface area contributed by atoms with Gasteiger partial charge in [0.15, 0.2) is 5.65 Å². The molecule has 4 heterocycles. The summed E-state index contributed by atoms with van der Waals surface area (Å²) >= 11 is 0. The average molecular weight is 342 g/mol. The van der Waals surface area contributed by atoms with Gasteiger partial charge in [-0.3, -0.25) is 5.10 Å². The molecule has 0 aliphatic carbocycles. The van der Waals surface area contributed by atoms with E-state index in [0.717, 1.165) is 60.6 Å². The number of aliphatic hydroxyl groups is 1. The largest absolute Gasteiger partial charge is 0.392 e. The molecule has 0 bridgehead atoms. The van der Waals surface area contributed by atoms with E-state index in [9.17, 15) is 5.11 Å². The molecule has 3 aromatic heterocycles. The van der Waals surface area contributed by atoms with Crippen LogP contribution in [0.3, 0.4) is 0 Å². The number of H-pyrrole nitrogens is 1. The molecule has 1 saturated heterocycles. The van der Waals surface area contributed by atoms with Crippen LogP contribution in [0, 0.1) is 5.92 Å². The predicted octanol–water partition coefficient (Wildman–Crippen LogP) is 2.18. The topological polar surface area (TPSA) is 104 Å². The zero-order valence-electron chi connectivity index (χ0n) is 14.0. The molecular formula is C18H26N6O. The number of aliphatic hydroxyl groups excluding tert-OH is 1. The van der Waals surface area contributed by atoms with Crippen molar-refractivity contribution in [3.63, 3.8) is 0 Å². The van der Waals surface area contributed by atoms with Gasteiger partial charge in [0.05, 0.1) is 18.0 Å². The summed E-state index contributed by atoms with van der Waals surface area (Å²) in [5.74, 6) is 1.49. The Morgan fingerprint density at radius 1 is 1.32 bits per heavy atom. The van der Waals surface area contributed by atoms with Crippen molar-refractivity contribution in [2.45, 2.75) is 19.4 Å². The van der Waals surface area contributed by atoms with Gasteiger partial charge in [0, 0.05) is 27.5 Å². The molecule has 1 fully saturated rings. The fourth-order valence-corrected chi connectivity index (χ4v) is 3.40. The lowest BCUT2D eigenvalue weighted by Gasteiger charge is -2.32. The normalized spacial score (nSPS) is 15.8. The van der Waals surface area contributed by atoms with Crippen LogP contribution in [0.4, 0.5) is 5.82 Å². The lowest BCUT2D eigenvalue weighted by molar-refractivity contribution is 0.281. The number of aromatic nitrogens is 4. The Labute approximate surface area is 148 Å². The second-order valence-corrected chi connectivity index (χ2v) is 6.52. The number of piperidine rings is 1. The summed E-state index contributed by atoms with van der Waals surface area (Å²) in [5, 5.41) is 17.9. The predicted molar refractivity (Wildman–Crippen MR) is 101 cm³/mol. The van der Waals surface area contributed by atoms with Crippen molar-refractivity contribution in [3.05, 3.63) is 36.0 Å². The highest BCUT2D eigenvalue weighted by atomic mass is 16.3. The number of pyridine rings is 2. The van der Waals surface area contributed by atoms with Gasteiger partial charge in [0.25, 0.3) is 0 Å². The Balaban J connectivity index is 0.00000131. The lowest BCUT2D eigenvalue weighted by atomic mass is 9.97. The number of nitrogens with zero attached hydrogens (tertiary/aromatic N) is 4. The first-order valence-corrected chi connectivity index (χ1v) is 8.65. The summed E-state index contributed by atoms with van der Waals surface area (Å²) in [6.07, 6.45) is 3.87. The molecule has 0 saturated carbocycles. The maximum Gasteiger partial charge on any atom is 0.181 e. The van der Waals surface area contributed by atoms with Crippen LogP contribution in [0.5, 0.6) is 0 Å². The van der Waals surface area contributed by atoms with Gasteiger partial charge in [-0.05, 0) is 55.1 Å². The molecule has 4 rings (SSSR count). The Morgan fingerprint density at radius 2 is 2.16 bits per heavy atom. The van der Waals surface area contributed by atoms with E-state index in [1.165, 1.54) is 0 Å². The minimum atomic E-state index is -0.0217. The number of anilines is 1. The molecule has 25 heavy (non-hydrogen) atoms. The van der Waals surface area contributed by atoms with E-state index in [4.69, 9.17) is 10.7 Å². The Morgan fingerprint density at radius 3 is 2.92 bits per heavy atom. The molecule has 0 atom stereocenters. The molecule has 0 spiro atoms. The Hall–Kier alpha value is -2.51. The number of fused-ring (bicyclic) bond motifs is 1. The summed E-state index contributed by atoms with van der Waals surface area (Å²) in [7, 11) is 0. The van der Waals surface area contributed by atoms with Crippen LogP contribution < -0.4 is 10.6 Å². The minimum Gasteiger partial charge on any atom is -0.392 e. The summed E-state index contributed by atoms with van der Waals surface area (Å²) in [4.78, 5) is 11.4. The number of aromatic amines is 1. The standard InChI is InChI=1S/C18H22N6O.2H2/c19-10-12-3-6-24(7-4-12)16-9-13(11-25)8-15(21-16)17-14-2-1-5-20-18(14)23-22-17;;/h1-2,5,8-9,12,25H,3-4,6-7,10-11,19H2,(H,20,22,23);2*1H. The monoisotopic (exact) mass is 342 g/mol. The van der Waals surface area contributed by atoms with Gasteiger partial charge in [0.2, 0.25) is 0 Å². The highest BCUT2D eigenvalue weighted by Gasteiger charge is 2.20. The highest BCUT2D eigenvalue weighted by Crippen LogP contribution is 2.28. The van der Waals surface area contributed by atoms with Crippen molar-refractivity contribution in [2.75, 3.05) is 24.5 Å². The summed E-state index contributed by atoms with van der Waals surface area (Å²) in [5.41, 5.74) is 8.90. The molecule has 0 radical (unpaired) electrons. The van der Waals surface area contributed by atoms with Gasteiger partial charge in [-0.25, -0.2) is 9.97 Å². The van der Waals surface area contributed by atoms with Gasteiger partial charge in [-0.15, -0.1) is 0 Å². The van der Waals surface area contributed by atoms with Crippen LogP contribution >= 0.6 is 0 Å². The highest BCUT2D eigenvalue weighted by molar-refractivity contribution is 5.89. The van der Waals surface area contributed by atoms with E-state index < -0.39 is 0 Å². The molecule has 0 amide bonds. The van der Waals surface area contributed by atoms with E-state index >= 15 is 0 Å². The number of nitrogens with one attached hydrogen (secondary N) is 1. The van der Waals surface area contributed by atoms with Gasteiger partial charge in [-0.1, -0.05) is 0 Å². The Bertz CT molecular complexity index is 879. The SMILES string of the molecule is NCC1CCN(c2cc(CO)cc(-c3[nH]nc4ncccc34)n2)CC1.[HH].[HH]. The average Bonchev–Trinajstić information content (AvgIpc) is 3.12. The molecule has 1 aliphatic heterocycles.